The van der Waals surface area contributed by atoms with Gasteiger partial charge in [0.05, 0.1) is 0 Å². The number of carbonyl (C=O) groups is 1. The van der Waals surface area contributed by atoms with Gasteiger partial charge in [-0.3, -0.25) is 4.79 Å². The van der Waals surface area contributed by atoms with Crippen LogP contribution in [-0.4, -0.2) is 25.5 Å². The fraction of sp³-hybridized carbons (Fsp3) is 0.533. The van der Waals surface area contributed by atoms with E-state index in [0.717, 1.165) is 31.6 Å². The van der Waals surface area contributed by atoms with Crippen LogP contribution in [0.3, 0.4) is 0 Å². The minimum atomic E-state index is -0.273. The summed E-state index contributed by atoms with van der Waals surface area (Å²) in [7, 11) is 0. The van der Waals surface area contributed by atoms with Crippen LogP contribution in [0.5, 0.6) is 0 Å². The number of carbonyl (C=O) groups excluding carboxylic acids is 1. The van der Waals surface area contributed by atoms with Crippen molar-refractivity contribution >= 4 is 11.6 Å². The number of amides is 1. The zero-order chi connectivity index (χ0) is 13.7. The van der Waals surface area contributed by atoms with Crippen LogP contribution >= 0.6 is 0 Å². The highest BCUT2D eigenvalue weighted by Crippen LogP contribution is 2.21. The molecular formula is C15H21FN2O. The summed E-state index contributed by atoms with van der Waals surface area (Å²) in [5.41, 5.74) is 0.780. The summed E-state index contributed by atoms with van der Waals surface area (Å²) in [6.45, 7) is 4.57. The molecule has 0 saturated carbocycles. The smallest absolute Gasteiger partial charge is 0.227 e. The molecule has 4 heteroatoms. The number of hydrogen-bond donors (Lipinski definition) is 1. The number of hydrogen-bond acceptors (Lipinski definition) is 2. The van der Waals surface area contributed by atoms with Crippen molar-refractivity contribution in [3.63, 3.8) is 0 Å². The van der Waals surface area contributed by atoms with Gasteiger partial charge in [0, 0.05) is 18.7 Å². The van der Waals surface area contributed by atoms with E-state index in [2.05, 4.69) is 5.32 Å². The fourth-order valence-corrected chi connectivity index (χ4v) is 2.57. The molecule has 19 heavy (non-hydrogen) atoms. The van der Waals surface area contributed by atoms with Crippen molar-refractivity contribution in [3.05, 3.63) is 30.1 Å². The molecule has 1 aliphatic rings. The fourth-order valence-electron chi connectivity index (χ4n) is 2.57. The molecule has 0 spiro atoms. The van der Waals surface area contributed by atoms with Crippen LogP contribution in [0.4, 0.5) is 10.1 Å². The first-order valence-electron chi connectivity index (χ1n) is 6.97. The molecule has 1 aliphatic heterocycles. The van der Waals surface area contributed by atoms with E-state index in [1.807, 2.05) is 6.92 Å². The Kier molecular flexibility index (Phi) is 4.91. The monoisotopic (exact) mass is 264 g/mol. The van der Waals surface area contributed by atoms with E-state index in [4.69, 9.17) is 0 Å². The van der Waals surface area contributed by atoms with E-state index in [-0.39, 0.29) is 11.7 Å². The topological polar surface area (TPSA) is 32.3 Å². The summed E-state index contributed by atoms with van der Waals surface area (Å²) >= 11 is 0. The molecule has 1 heterocycles. The number of benzene rings is 1. The van der Waals surface area contributed by atoms with Crippen molar-refractivity contribution in [2.24, 2.45) is 5.92 Å². The SMILES string of the molecule is CCN(C(=O)CC1CCNCC1)c1ccc(F)cc1. The highest BCUT2D eigenvalue weighted by Gasteiger charge is 2.21. The average molecular weight is 264 g/mol. The minimum absolute atomic E-state index is 0.140. The van der Waals surface area contributed by atoms with Crippen molar-refractivity contribution in [2.75, 3.05) is 24.5 Å². The molecule has 0 radical (unpaired) electrons. The van der Waals surface area contributed by atoms with Gasteiger partial charge in [0.2, 0.25) is 5.91 Å². The molecule has 1 aromatic carbocycles. The number of piperidine rings is 1. The van der Waals surface area contributed by atoms with Crippen LogP contribution in [0.1, 0.15) is 26.2 Å². The van der Waals surface area contributed by atoms with E-state index >= 15 is 0 Å². The largest absolute Gasteiger partial charge is 0.317 e. The Bertz CT molecular complexity index is 413. The molecule has 1 amide bonds. The molecule has 104 valence electrons. The molecule has 0 aromatic heterocycles. The standard InChI is InChI=1S/C15H21FN2O/c1-2-18(14-5-3-13(16)4-6-14)15(19)11-12-7-9-17-10-8-12/h3-6,12,17H,2,7-11H2,1H3. The lowest BCUT2D eigenvalue weighted by atomic mass is 9.94. The third kappa shape index (κ3) is 3.77. The molecule has 0 aliphatic carbocycles. The van der Waals surface area contributed by atoms with Gasteiger partial charge < -0.3 is 10.2 Å². The summed E-state index contributed by atoms with van der Waals surface area (Å²) in [5.74, 6) is 0.342. The number of rotatable bonds is 4. The molecule has 0 bridgehead atoms. The Morgan fingerprint density at radius 1 is 1.32 bits per heavy atom. The highest BCUT2D eigenvalue weighted by molar-refractivity contribution is 5.93. The molecule has 1 saturated heterocycles. The molecule has 0 atom stereocenters. The van der Waals surface area contributed by atoms with E-state index in [9.17, 15) is 9.18 Å². The van der Waals surface area contributed by atoms with Crippen LogP contribution in [0, 0.1) is 11.7 Å². The molecule has 1 fully saturated rings. The lowest BCUT2D eigenvalue weighted by Gasteiger charge is -2.26. The lowest BCUT2D eigenvalue weighted by Crippen LogP contribution is -2.35. The first kappa shape index (κ1) is 14.0. The van der Waals surface area contributed by atoms with Gasteiger partial charge in [0.15, 0.2) is 0 Å². The van der Waals surface area contributed by atoms with Crippen LogP contribution < -0.4 is 10.2 Å². The Hall–Kier alpha value is -1.42. The van der Waals surface area contributed by atoms with Crippen molar-refractivity contribution in [1.29, 1.82) is 0 Å². The molecule has 0 unspecified atom stereocenters. The number of halogens is 1. The summed E-state index contributed by atoms with van der Waals surface area (Å²) in [4.78, 5) is 14.1. The molecule has 1 N–H and O–H groups in total. The zero-order valence-corrected chi connectivity index (χ0v) is 11.4. The van der Waals surface area contributed by atoms with Gasteiger partial charge in [0.25, 0.3) is 0 Å². The minimum Gasteiger partial charge on any atom is -0.317 e. The Labute approximate surface area is 113 Å². The highest BCUT2D eigenvalue weighted by atomic mass is 19.1. The van der Waals surface area contributed by atoms with E-state index in [1.165, 1.54) is 12.1 Å². The zero-order valence-electron chi connectivity index (χ0n) is 11.4. The van der Waals surface area contributed by atoms with Gasteiger partial charge in [0.1, 0.15) is 5.82 Å². The average Bonchev–Trinajstić information content (AvgIpc) is 2.43. The first-order chi connectivity index (χ1) is 9.20. The van der Waals surface area contributed by atoms with Crippen molar-refractivity contribution in [3.8, 4) is 0 Å². The number of anilines is 1. The Balaban J connectivity index is 2.00. The number of nitrogens with one attached hydrogen (secondary N) is 1. The third-order valence-electron chi connectivity index (χ3n) is 3.68. The molecule has 1 aromatic rings. The van der Waals surface area contributed by atoms with Crippen LogP contribution in [0.15, 0.2) is 24.3 Å². The van der Waals surface area contributed by atoms with Gasteiger partial charge in [-0.05, 0) is 63.0 Å². The van der Waals surface area contributed by atoms with Gasteiger partial charge >= 0.3 is 0 Å². The molecule has 2 rings (SSSR count). The van der Waals surface area contributed by atoms with E-state index < -0.39 is 0 Å². The predicted octanol–water partition coefficient (Wildman–Crippen LogP) is 2.57. The maximum absolute atomic E-state index is 12.9. The van der Waals surface area contributed by atoms with Crippen LogP contribution in [0.25, 0.3) is 0 Å². The number of nitrogens with zero attached hydrogens (tertiary/aromatic N) is 1. The van der Waals surface area contributed by atoms with Gasteiger partial charge in [-0.2, -0.15) is 0 Å². The maximum Gasteiger partial charge on any atom is 0.227 e. The normalized spacial score (nSPS) is 16.3. The van der Waals surface area contributed by atoms with Gasteiger partial charge in [-0.25, -0.2) is 4.39 Å². The summed E-state index contributed by atoms with van der Waals surface area (Å²) in [5, 5.41) is 3.30. The van der Waals surface area contributed by atoms with Crippen molar-refractivity contribution in [1.82, 2.24) is 5.32 Å². The van der Waals surface area contributed by atoms with Crippen LogP contribution in [-0.2, 0) is 4.79 Å². The first-order valence-corrected chi connectivity index (χ1v) is 6.97. The molecule has 3 nitrogen and oxygen atoms in total. The Morgan fingerprint density at radius 2 is 1.95 bits per heavy atom. The van der Waals surface area contributed by atoms with Crippen molar-refractivity contribution < 1.29 is 9.18 Å². The third-order valence-corrected chi connectivity index (χ3v) is 3.68. The second-order valence-corrected chi connectivity index (χ2v) is 5.01. The maximum atomic E-state index is 12.9. The van der Waals surface area contributed by atoms with Gasteiger partial charge in [-0.15, -0.1) is 0 Å². The van der Waals surface area contributed by atoms with E-state index in [0.29, 0.717) is 18.9 Å². The summed E-state index contributed by atoms with van der Waals surface area (Å²) in [6, 6.07) is 6.13. The predicted molar refractivity (Wildman–Crippen MR) is 74.6 cm³/mol. The Morgan fingerprint density at radius 3 is 2.53 bits per heavy atom. The second-order valence-electron chi connectivity index (χ2n) is 5.01. The second kappa shape index (κ2) is 6.66. The quantitative estimate of drug-likeness (QED) is 0.906. The summed E-state index contributed by atoms with van der Waals surface area (Å²) < 4.78 is 12.9. The lowest BCUT2D eigenvalue weighted by molar-refractivity contribution is -0.119. The molecular weight excluding hydrogens is 243 g/mol. The van der Waals surface area contributed by atoms with Crippen molar-refractivity contribution in [2.45, 2.75) is 26.2 Å². The van der Waals surface area contributed by atoms with Crippen LogP contribution in [0.2, 0.25) is 0 Å². The summed E-state index contributed by atoms with van der Waals surface area (Å²) in [6.07, 6.45) is 2.71. The van der Waals surface area contributed by atoms with E-state index in [1.54, 1.807) is 17.0 Å². The van der Waals surface area contributed by atoms with Gasteiger partial charge in [-0.1, -0.05) is 0 Å².